The average Bonchev–Trinajstić information content (AvgIpc) is 2.65. The highest BCUT2D eigenvalue weighted by Crippen LogP contribution is 2.49. The maximum atomic E-state index is 11.4. The van der Waals surface area contributed by atoms with Crippen molar-refractivity contribution >= 4 is 22.1 Å². The summed E-state index contributed by atoms with van der Waals surface area (Å²) >= 11 is 0. The van der Waals surface area contributed by atoms with Crippen molar-refractivity contribution in [3.05, 3.63) is 0 Å². The van der Waals surface area contributed by atoms with Gasteiger partial charge >= 0.3 is 22.1 Å². The normalized spacial score (nSPS) is 26.0. The number of hydrogen-bond donors (Lipinski definition) is 2. The molecule has 18 heavy (non-hydrogen) atoms. The zero-order chi connectivity index (χ0) is 14.4. The Morgan fingerprint density at radius 3 is 1.78 bits per heavy atom. The molecule has 1 aliphatic rings. The highest BCUT2D eigenvalue weighted by molar-refractivity contribution is 7.93. The Labute approximate surface area is 104 Å². The lowest BCUT2D eigenvalue weighted by molar-refractivity contribution is -0.145. The Balaban J connectivity index is 3.04. The van der Waals surface area contributed by atoms with Crippen molar-refractivity contribution in [2.75, 3.05) is 13.1 Å². The molecule has 1 atom stereocenters. The molecule has 0 spiro atoms. The summed E-state index contributed by atoms with van der Waals surface area (Å²) in [4.78, 5) is 20.9. The predicted octanol–water partition coefficient (Wildman–Crippen LogP) is -0.688. The van der Waals surface area contributed by atoms with Crippen LogP contribution in [0.3, 0.4) is 0 Å². The van der Waals surface area contributed by atoms with Crippen molar-refractivity contribution in [2.45, 2.75) is 31.2 Å². The van der Waals surface area contributed by atoms with E-state index < -0.39 is 45.6 Å². The predicted molar refractivity (Wildman–Crippen MR) is 59.3 cm³/mol. The topological polar surface area (TPSA) is 125 Å². The Morgan fingerprint density at radius 1 is 1.22 bits per heavy atom. The summed E-state index contributed by atoms with van der Waals surface area (Å²) in [5.74, 6) is -2.49. The molecule has 1 heterocycles. The van der Waals surface area contributed by atoms with Gasteiger partial charge in [0.15, 0.2) is 0 Å². The van der Waals surface area contributed by atoms with Gasteiger partial charge in [-0.25, -0.2) is 4.18 Å². The Morgan fingerprint density at radius 2 is 1.56 bits per heavy atom. The second-order valence-electron chi connectivity index (χ2n) is 4.69. The summed E-state index contributed by atoms with van der Waals surface area (Å²) in [5, 5.41) is 17.5. The van der Waals surface area contributed by atoms with E-state index in [0.717, 1.165) is 4.90 Å². The molecule has 1 rings (SSSR count). The number of hydrogen-bond acceptors (Lipinski definition) is 6. The summed E-state index contributed by atoms with van der Waals surface area (Å²) in [6, 6.07) is 0. The maximum absolute atomic E-state index is 11.4. The molecule has 9 heteroatoms. The molecule has 0 amide bonds. The third-order valence-corrected chi connectivity index (χ3v) is 5.21. The van der Waals surface area contributed by atoms with Crippen molar-refractivity contribution < 1.29 is 32.4 Å². The lowest BCUT2D eigenvalue weighted by Crippen LogP contribution is -2.57. The van der Waals surface area contributed by atoms with Gasteiger partial charge in [-0.15, -0.1) is 0 Å². The van der Waals surface area contributed by atoms with E-state index in [4.69, 9.17) is 10.2 Å². The molecule has 0 saturated carbocycles. The standard InChI is InChI=1S/C9H15NO7S/c1-8(2,9(3)17-18(9,15)16)10(4-6(11)12)5-7(13)14/h4-5H2,1-3H3,(H,11,12)(H,13,14). The minimum atomic E-state index is -3.76. The minimum absolute atomic E-state index is 0.590. The van der Waals surface area contributed by atoms with E-state index >= 15 is 0 Å². The highest BCUT2D eigenvalue weighted by atomic mass is 32.2. The van der Waals surface area contributed by atoms with Gasteiger partial charge < -0.3 is 10.2 Å². The fraction of sp³-hybridized carbons (Fsp3) is 0.778. The summed E-state index contributed by atoms with van der Waals surface area (Å²) in [5.41, 5.74) is -1.28. The molecule has 1 fully saturated rings. The van der Waals surface area contributed by atoms with E-state index in [9.17, 15) is 18.0 Å². The number of rotatable bonds is 6. The van der Waals surface area contributed by atoms with Crippen LogP contribution in [-0.4, -0.2) is 59.0 Å². The third-order valence-electron chi connectivity index (χ3n) is 3.27. The van der Waals surface area contributed by atoms with Gasteiger partial charge in [-0.05, 0) is 20.8 Å². The molecule has 104 valence electrons. The van der Waals surface area contributed by atoms with Crippen molar-refractivity contribution in [1.29, 1.82) is 0 Å². The molecular formula is C9H15NO7S. The zero-order valence-electron chi connectivity index (χ0n) is 10.2. The lowest BCUT2D eigenvalue weighted by atomic mass is 9.95. The van der Waals surface area contributed by atoms with Crippen LogP contribution in [0.5, 0.6) is 0 Å². The van der Waals surface area contributed by atoms with Gasteiger partial charge in [-0.2, -0.15) is 8.42 Å². The van der Waals surface area contributed by atoms with E-state index in [1.54, 1.807) is 0 Å². The summed E-state index contributed by atoms with van der Waals surface area (Å²) in [6.45, 7) is 2.98. The van der Waals surface area contributed by atoms with E-state index in [2.05, 4.69) is 4.18 Å². The molecule has 1 unspecified atom stereocenters. The molecular weight excluding hydrogens is 266 g/mol. The van der Waals surface area contributed by atoms with Crippen molar-refractivity contribution in [3.8, 4) is 0 Å². The summed E-state index contributed by atoms with van der Waals surface area (Å²) in [6.07, 6.45) is 0. The van der Waals surface area contributed by atoms with Gasteiger partial charge in [0.05, 0.1) is 18.6 Å². The van der Waals surface area contributed by atoms with Crippen molar-refractivity contribution in [1.82, 2.24) is 4.90 Å². The van der Waals surface area contributed by atoms with Gasteiger partial charge in [0.25, 0.3) is 0 Å². The number of carboxylic acids is 2. The van der Waals surface area contributed by atoms with Crippen LogP contribution in [-0.2, 0) is 23.9 Å². The van der Waals surface area contributed by atoms with Crippen LogP contribution in [0.1, 0.15) is 20.8 Å². The molecule has 0 radical (unpaired) electrons. The Bertz CT molecular complexity index is 467. The van der Waals surface area contributed by atoms with E-state index in [0.29, 0.717) is 0 Å². The second-order valence-corrected chi connectivity index (χ2v) is 6.54. The van der Waals surface area contributed by atoms with Gasteiger partial charge in [0.2, 0.25) is 4.93 Å². The number of aliphatic carboxylic acids is 2. The highest BCUT2D eigenvalue weighted by Gasteiger charge is 2.70. The third kappa shape index (κ3) is 2.33. The molecule has 0 aliphatic carbocycles. The summed E-state index contributed by atoms with van der Waals surface area (Å²) < 4.78 is 27.4. The quantitative estimate of drug-likeness (QED) is 0.613. The minimum Gasteiger partial charge on any atom is -0.480 e. The van der Waals surface area contributed by atoms with Crippen molar-refractivity contribution in [3.63, 3.8) is 0 Å². The van der Waals surface area contributed by atoms with E-state index in [1.807, 2.05) is 0 Å². The molecule has 8 nitrogen and oxygen atoms in total. The van der Waals surface area contributed by atoms with Crippen LogP contribution in [0.4, 0.5) is 0 Å². The smallest absolute Gasteiger partial charge is 0.317 e. The molecule has 0 bridgehead atoms. The fourth-order valence-electron chi connectivity index (χ4n) is 1.67. The number of carboxylic acid groups (broad SMARTS) is 2. The Hall–Kier alpha value is -1.19. The average molecular weight is 281 g/mol. The van der Waals surface area contributed by atoms with Gasteiger partial charge in [-0.1, -0.05) is 0 Å². The number of nitrogens with zero attached hydrogens (tertiary/aromatic N) is 1. The maximum Gasteiger partial charge on any atom is 0.317 e. The van der Waals surface area contributed by atoms with Crippen LogP contribution in [0.15, 0.2) is 0 Å². The van der Waals surface area contributed by atoms with Crippen LogP contribution in [0.2, 0.25) is 0 Å². The van der Waals surface area contributed by atoms with E-state index in [1.165, 1.54) is 20.8 Å². The number of carbonyl (C=O) groups is 2. The Kier molecular flexibility index (Phi) is 3.45. The molecule has 1 aliphatic heterocycles. The van der Waals surface area contributed by atoms with Crippen molar-refractivity contribution in [2.24, 2.45) is 0 Å². The zero-order valence-corrected chi connectivity index (χ0v) is 11.0. The monoisotopic (exact) mass is 281 g/mol. The SMILES string of the molecule is CC(C)(N(CC(=O)O)CC(=O)O)C1(C)OS1(=O)=O. The van der Waals surface area contributed by atoms with Gasteiger partial charge in [0.1, 0.15) is 0 Å². The first-order valence-electron chi connectivity index (χ1n) is 5.08. The molecule has 0 aromatic rings. The van der Waals surface area contributed by atoms with Crippen LogP contribution in [0.25, 0.3) is 0 Å². The fourth-order valence-corrected chi connectivity index (χ4v) is 3.16. The van der Waals surface area contributed by atoms with Gasteiger partial charge in [0, 0.05) is 0 Å². The van der Waals surface area contributed by atoms with Crippen LogP contribution >= 0.6 is 0 Å². The van der Waals surface area contributed by atoms with Crippen LogP contribution < -0.4 is 0 Å². The first-order chi connectivity index (χ1) is 7.94. The van der Waals surface area contributed by atoms with Crippen LogP contribution in [0, 0.1) is 0 Å². The largest absolute Gasteiger partial charge is 0.480 e. The molecule has 2 N–H and O–H groups in total. The first kappa shape index (κ1) is 14.9. The molecule has 0 aromatic heterocycles. The first-order valence-corrected chi connectivity index (χ1v) is 6.49. The van der Waals surface area contributed by atoms with Gasteiger partial charge in [-0.3, -0.25) is 14.5 Å². The van der Waals surface area contributed by atoms with E-state index in [-0.39, 0.29) is 0 Å². The lowest BCUT2D eigenvalue weighted by Gasteiger charge is -2.37. The molecule has 1 saturated heterocycles. The second kappa shape index (κ2) is 4.18. The molecule has 0 aromatic carbocycles. The summed E-state index contributed by atoms with van der Waals surface area (Å²) in [7, 11) is -3.76.